The monoisotopic (exact) mass is 400 g/mol. The number of carbonyl (C=O) groups is 1. The molecule has 0 bridgehead atoms. The summed E-state index contributed by atoms with van der Waals surface area (Å²) in [6.07, 6.45) is 0.642. The van der Waals surface area contributed by atoms with Crippen molar-refractivity contribution in [3.05, 3.63) is 64.4 Å². The second-order valence-corrected chi connectivity index (χ2v) is 7.19. The first-order chi connectivity index (χ1) is 13.5. The van der Waals surface area contributed by atoms with Gasteiger partial charge in [0.1, 0.15) is 22.3 Å². The number of hydrogen-bond donors (Lipinski definition) is 1. The van der Waals surface area contributed by atoms with Gasteiger partial charge in [0.05, 0.1) is 25.5 Å². The number of ether oxygens (including phenoxy) is 2. The predicted octanol–water partition coefficient (Wildman–Crippen LogP) is 4.25. The Morgan fingerprint density at radius 2 is 2.00 bits per heavy atom. The van der Waals surface area contributed by atoms with Gasteiger partial charge >= 0.3 is 0 Å². The Labute approximate surface area is 167 Å². The van der Waals surface area contributed by atoms with Crippen LogP contribution in [0.4, 0.5) is 4.39 Å². The van der Waals surface area contributed by atoms with Crippen molar-refractivity contribution >= 4 is 17.2 Å². The smallest absolute Gasteiger partial charge is 0.255 e. The van der Waals surface area contributed by atoms with Gasteiger partial charge in [0, 0.05) is 29.5 Å². The summed E-state index contributed by atoms with van der Waals surface area (Å²) in [4.78, 5) is 18.1. The molecule has 0 spiro atoms. The van der Waals surface area contributed by atoms with Crippen LogP contribution < -0.4 is 14.8 Å². The number of thiazole rings is 1. The van der Waals surface area contributed by atoms with Crippen molar-refractivity contribution in [2.75, 3.05) is 20.8 Å². The lowest BCUT2D eigenvalue weighted by molar-refractivity contribution is 0.0951. The van der Waals surface area contributed by atoms with Crippen LogP contribution in [0.15, 0.2) is 42.5 Å². The first-order valence-corrected chi connectivity index (χ1v) is 9.56. The summed E-state index contributed by atoms with van der Waals surface area (Å²) in [6.45, 7) is 2.38. The van der Waals surface area contributed by atoms with Gasteiger partial charge in [-0.25, -0.2) is 9.37 Å². The number of rotatable bonds is 7. The summed E-state index contributed by atoms with van der Waals surface area (Å²) in [6, 6.07) is 11.5. The van der Waals surface area contributed by atoms with Gasteiger partial charge in [0.2, 0.25) is 0 Å². The zero-order valence-corrected chi connectivity index (χ0v) is 16.7. The van der Waals surface area contributed by atoms with Crippen LogP contribution in [0.1, 0.15) is 20.9 Å². The molecule has 0 aliphatic rings. The Morgan fingerprint density at radius 3 is 2.71 bits per heavy atom. The molecule has 28 heavy (non-hydrogen) atoms. The first-order valence-electron chi connectivity index (χ1n) is 8.74. The van der Waals surface area contributed by atoms with Gasteiger partial charge in [-0.3, -0.25) is 4.79 Å². The topological polar surface area (TPSA) is 60.5 Å². The third-order valence-electron chi connectivity index (χ3n) is 4.26. The molecule has 1 aromatic heterocycles. The fourth-order valence-electron chi connectivity index (χ4n) is 2.78. The minimum atomic E-state index is -0.285. The third kappa shape index (κ3) is 4.48. The Hall–Kier alpha value is -2.93. The largest absolute Gasteiger partial charge is 0.497 e. The first kappa shape index (κ1) is 19.8. The molecule has 5 nitrogen and oxygen atoms in total. The molecule has 0 aliphatic carbocycles. The Bertz CT molecular complexity index is 988. The summed E-state index contributed by atoms with van der Waals surface area (Å²) in [5, 5.41) is 3.68. The molecule has 3 aromatic rings. The highest BCUT2D eigenvalue weighted by molar-refractivity contribution is 7.15. The highest BCUT2D eigenvalue weighted by Gasteiger charge is 2.14. The minimum absolute atomic E-state index is 0.216. The van der Waals surface area contributed by atoms with Gasteiger partial charge in [-0.2, -0.15) is 0 Å². The van der Waals surface area contributed by atoms with E-state index < -0.39 is 0 Å². The average molecular weight is 400 g/mol. The lowest BCUT2D eigenvalue weighted by Crippen LogP contribution is -2.26. The molecule has 0 unspecified atom stereocenters. The zero-order valence-electron chi connectivity index (χ0n) is 15.9. The van der Waals surface area contributed by atoms with E-state index in [1.807, 2.05) is 13.0 Å². The molecule has 0 saturated heterocycles. The summed E-state index contributed by atoms with van der Waals surface area (Å²) >= 11 is 1.51. The molecule has 0 aliphatic heterocycles. The summed E-state index contributed by atoms with van der Waals surface area (Å²) in [7, 11) is 3.07. The molecule has 0 saturated carbocycles. The standard InChI is InChI=1S/C21H21FN2O3S/c1-13-19(28-21(24-13)14-5-4-6-15(22)11-14)9-10-23-20(25)17-8-7-16(26-2)12-18(17)27-3/h4-8,11-12H,9-10H2,1-3H3,(H,23,25). The van der Waals surface area contributed by atoms with Crippen LogP contribution in [0.5, 0.6) is 11.5 Å². The second kappa shape index (κ2) is 8.84. The van der Waals surface area contributed by atoms with Crippen molar-refractivity contribution in [1.29, 1.82) is 0 Å². The Morgan fingerprint density at radius 1 is 1.18 bits per heavy atom. The second-order valence-electron chi connectivity index (χ2n) is 6.11. The number of benzene rings is 2. The van der Waals surface area contributed by atoms with E-state index in [2.05, 4.69) is 10.3 Å². The van der Waals surface area contributed by atoms with E-state index in [-0.39, 0.29) is 11.7 Å². The van der Waals surface area contributed by atoms with Crippen molar-refractivity contribution in [2.45, 2.75) is 13.3 Å². The van der Waals surface area contributed by atoms with Crippen LogP contribution in [0.3, 0.4) is 0 Å². The van der Waals surface area contributed by atoms with E-state index in [1.165, 1.54) is 30.6 Å². The molecule has 7 heteroatoms. The Kier molecular flexibility index (Phi) is 6.26. The highest BCUT2D eigenvalue weighted by atomic mass is 32.1. The van der Waals surface area contributed by atoms with Crippen molar-refractivity contribution in [3.63, 3.8) is 0 Å². The molecule has 1 N–H and O–H groups in total. The number of hydrogen-bond acceptors (Lipinski definition) is 5. The van der Waals surface area contributed by atoms with Crippen molar-refractivity contribution in [1.82, 2.24) is 10.3 Å². The molecule has 0 fully saturated rings. The number of aryl methyl sites for hydroxylation is 1. The molecular formula is C21H21FN2O3S. The summed E-state index contributed by atoms with van der Waals surface area (Å²) in [5.74, 6) is 0.581. The van der Waals surface area contributed by atoms with E-state index in [1.54, 1.807) is 31.4 Å². The lowest BCUT2D eigenvalue weighted by atomic mass is 10.1. The quantitative estimate of drug-likeness (QED) is 0.644. The molecule has 0 atom stereocenters. The van der Waals surface area contributed by atoms with Crippen LogP contribution in [0.25, 0.3) is 10.6 Å². The maximum atomic E-state index is 13.4. The fourth-order valence-corrected chi connectivity index (χ4v) is 3.83. The zero-order chi connectivity index (χ0) is 20.1. The number of aromatic nitrogens is 1. The van der Waals surface area contributed by atoms with Gasteiger partial charge in [-0.15, -0.1) is 11.3 Å². The maximum Gasteiger partial charge on any atom is 0.255 e. The van der Waals surface area contributed by atoms with E-state index >= 15 is 0 Å². The van der Waals surface area contributed by atoms with Gasteiger partial charge in [-0.05, 0) is 31.2 Å². The van der Waals surface area contributed by atoms with Crippen molar-refractivity contribution in [3.8, 4) is 22.1 Å². The number of halogens is 1. The van der Waals surface area contributed by atoms with Gasteiger partial charge < -0.3 is 14.8 Å². The molecule has 2 aromatic carbocycles. The van der Waals surface area contributed by atoms with E-state index in [0.29, 0.717) is 30.0 Å². The van der Waals surface area contributed by atoms with Crippen molar-refractivity contribution < 1.29 is 18.7 Å². The summed E-state index contributed by atoms with van der Waals surface area (Å²) < 4.78 is 23.9. The van der Waals surface area contributed by atoms with Crippen LogP contribution >= 0.6 is 11.3 Å². The minimum Gasteiger partial charge on any atom is -0.497 e. The molecule has 0 radical (unpaired) electrons. The van der Waals surface area contributed by atoms with Gasteiger partial charge in [0.15, 0.2) is 0 Å². The fraction of sp³-hybridized carbons (Fsp3) is 0.238. The number of carbonyl (C=O) groups excluding carboxylic acids is 1. The van der Waals surface area contributed by atoms with Crippen molar-refractivity contribution in [2.24, 2.45) is 0 Å². The van der Waals surface area contributed by atoms with Crippen LogP contribution in [0, 0.1) is 12.7 Å². The Balaban J connectivity index is 1.65. The molecule has 1 heterocycles. The maximum absolute atomic E-state index is 13.4. The number of nitrogens with zero attached hydrogens (tertiary/aromatic N) is 1. The third-order valence-corrected chi connectivity index (χ3v) is 5.52. The molecule has 146 valence electrons. The number of nitrogens with one attached hydrogen (secondary N) is 1. The van der Waals surface area contributed by atoms with Gasteiger partial charge in [-0.1, -0.05) is 12.1 Å². The van der Waals surface area contributed by atoms with E-state index in [4.69, 9.17) is 9.47 Å². The molecule has 3 rings (SSSR count). The SMILES string of the molecule is COc1ccc(C(=O)NCCc2sc(-c3cccc(F)c3)nc2C)c(OC)c1. The predicted molar refractivity (Wildman–Crippen MR) is 108 cm³/mol. The number of methoxy groups -OCH3 is 2. The molecule has 1 amide bonds. The van der Waals surface area contributed by atoms with Gasteiger partial charge in [0.25, 0.3) is 5.91 Å². The van der Waals surface area contributed by atoms with Crippen LogP contribution in [0.2, 0.25) is 0 Å². The van der Waals surface area contributed by atoms with E-state index in [0.717, 1.165) is 21.1 Å². The van der Waals surface area contributed by atoms with Crippen LogP contribution in [-0.2, 0) is 6.42 Å². The average Bonchev–Trinajstić information content (AvgIpc) is 3.08. The highest BCUT2D eigenvalue weighted by Crippen LogP contribution is 2.29. The lowest BCUT2D eigenvalue weighted by Gasteiger charge is -2.10. The molecular weight excluding hydrogens is 379 g/mol. The normalized spacial score (nSPS) is 10.6. The number of amides is 1. The van der Waals surface area contributed by atoms with Crippen LogP contribution in [-0.4, -0.2) is 31.7 Å². The summed E-state index contributed by atoms with van der Waals surface area (Å²) in [5.41, 5.74) is 2.09. The van der Waals surface area contributed by atoms with E-state index in [9.17, 15) is 9.18 Å².